The number of aromatic nitrogens is 3. The molecule has 6 heteroatoms. The first kappa shape index (κ1) is 13.5. The summed E-state index contributed by atoms with van der Waals surface area (Å²) in [5, 5.41) is 14.4. The van der Waals surface area contributed by atoms with Crippen LogP contribution in [0, 0.1) is 11.8 Å². The summed E-state index contributed by atoms with van der Waals surface area (Å²) in [4.78, 5) is 12.0. The van der Waals surface area contributed by atoms with Gasteiger partial charge in [0.1, 0.15) is 0 Å². The SMILES string of the molecule is CC(CNC(=O)c1cn(C2CCNCC2)nn1)C1CC1. The molecule has 1 saturated carbocycles. The van der Waals surface area contributed by atoms with Crippen LogP contribution in [0.2, 0.25) is 0 Å². The zero-order valence-electron chi connectivity index (χ0n) is 12.0. The molecule has 1 atom stereocenters. The first-order valence-corrected chi connectivity index (χ1v) is 7.65. The van der Waals surface area contributed by atoms with Gasteiger partial charge < -0.3 is 10.6 Å². The van der Waals surface area contributed by atoms with Gasteiger partial charge in [0.05, 0.1) is 12.2 Å². The van der Waals surface area contributed by atoms with Crippen LogP contribution < -0.4 is 10.6 Å². The highest BCUT2D eigenvalue weighted by Crippen LogP contribution is 2.36. The van der Waals surface area contributed by atoms with Crippen molar-refractivity contribution in [3.63, 3.8) is 0 Å². The molecule has 1 aliphatic carbocycles. The number of nitrogens with one attached hydrogen (secondary N) is 2. The number of nitrogens with zero attached hydrogens (tertiary/aromatic N) is 3. The van der Waals surface area contributed by atoms with E-state index in [0.29, 0.717) is 17.7 Å². The highest BCUT2D eigenvalue weighted by molar-refractivity contribution is 5.91. The minimum Gasteiger partial charge on any atom is -0.350 e. The molecule has 0 aromatic carbocycles. The fraction of sp³-hybridized carbons (Fsp3) is 0.786. The lowest BCUT2D eigenvalue weighted by Gasteiger charge is -2.22. The number of amides is 1. The first-order chi connectivity index (χ1) is 9.74. The Morgan fingerprint density at radius 2 is 2.20 bits per heavy atom. The maximum atomic E-state index is 12.0. The van der Waals surface area contributed by atoms with E-state index in [2.05, 4.69) is 27.9 Å². The van der Waals surface area contributed by atoms with Gasteiger partial charge in [0.2, 0.25) is 0 Å². The molecule has 1 amide bonds. The second-order valence-corrected chi connectivity index (χ2v) is 6.09. The number of piperidine rings is 1. The zero-order valence-corrected chi connectivity index (χ0v) is 12.0. The highest BCUT2D eigenvalue weighted by atomic mass is 16.2. The average molecular weight is 277 g/mol. The van der Waals surface area contributed by atoms with E-state index < -0.39 is 0 Å². The quantitative estimate of drug-likeness (QED) is 0.841. The molecular formula is C14H23N5O. The van der Waals surface area contributed by atoms with Crippen LogP contribution in [-0.4, -0.2) is 40.5 Å². The van der Waals surface area contributed by atoms with E-state index in [9.17, 15) is 4.79 Å². The molecule has 2 heterocycles. The van der Waals surface area contributed by atoms with E-state index in [1.54, 1.807) is 6.20 Å². The molecular weight excluding hydrogens is 254 g/mol. The van der Waals surface area contributed by atoms with Crippen LogP contribution in [0.15, 0.2) is 6.20 Å². The fourth-order valence-corrected chi connectivity index (χ4v) is 2.81. The summed E-state index contributed by atoms with van der Waals surface area (Å²) >= 11 is 0. The van der Waals surface area contributed by atoms with Crippen LogP contribution in [0.5, 0.6) is 0 Å². The number of rotatable bonds is 5. The number of hydrogen-bond donors (Lipinski definition) is 2. The van der Waals surface area contributed by atoms with Crippen molar-refractivity contribution < 1.29 is 4.79 Å². The van der Waals surface area contributed by atoms with Crippen LogP contribution in [-0.2, 0) is 0 Å². The summed E-state index contributed by atoms with van der Waals surface area (Å²) in [6, 6.07) is 0.371. The summed E-state index contributed by atoms with van der Waals surface area (Å²) in [6.07, 6.45) is 6.49. The Morgan fingerprint density at radius 1 is 1.45 bits per heavy atom. The topological polar surface area (TPSA) is 71.8 Å². The lowest BCUT2D eigenvalue weighted by Crippen LogP contribution is -2.30. The largest absolute Gasteiger partial charge is 0.350 e. The Hall–Kier alpha value is -1.43. The molecule has 3 rings (SSSR count). The second-order valence-electron chi connectivity index (χ2n) is 6.09. The van der Waals surface area contributed by atoms with Gasteiger partial charge in [-0.3, -0.25) is 4.79 Å². The lowest BCUT2D eigenvalue weighted by molar-refractivity contribution is 0.0941. The van der Waals surface area contributed by atoms with Crippen LogP contribution in [0.3, 0.4) is 0 Å². The molecule has 1 aromatic rings. The van der Waals surface area contributed by atoms with E-state index in [0.717, 1.165) is 38.4 Å². The van der Waals surface area contributed by atoms with Gasteiger partial charge in [-0.2, -0.15) is 0 Å². The first-order valence-electron chi connectivity index (χ1n) is 7.65. The smallest absolute Gasteiger partial charge is 0.273 e. The summed E-state index contributed by atoms with van der Waals surface area (Å²) in [5.41, 5.74) is 0.437. The van der Waals surface area contributed by atoms with Crippen LogP contribution in [0.1, 0.15) is 49.1 Å². The summed E-state index contributed by atoms with van der Waals surface area (Å²) in [5.74, 6) is 1.27. The zero-order chi connectivity index (χ0) is 13.9. The van der Waals surface area contributed by atoms with Gasteiger partial charge in [0.25, 0.3) is 5.91 Å². The standard InChI is InChI=1S/C14H23N5O/c1-10(11-2-3-11)8-16-14(20)13-9-19(18-17-13)12-4-6-15-7-5-12/h9-12,15H,2-8H2,1H3,(H,16,20). The van der Waals surface area contributed by atoms with E-state index >= 15 is 0 Å². The van der Waals surface area contributed by atoms with E-state index in [-0.39, 0.29) is 5.91 Å². The van der Waals surface area contributed by atoms with E-state index in [4.69, 9.17) is 0 Å². The van der Waals surface area contributed by atoms with Gasteiger partial charge in [-0.15, -0.1) is 5.10 Å². The molecule has 1 aromatic heterocycles. The molecule has 2 aliphatic rings. The molecule has 1 unspecified atom stereocenters. The molecule has 2 fully saturated rings. The Morgan fingerprint density at radius 3 is 2.90 bits per heavy atom. The molecule has 0 bridgehead atoms. The average Bonchev–Trinajstić information content (AvgIpc) is 3.22. The minimum absolute atomic E-state index is 0.0994. The lowest BCUT2D eigenvalue weighted by atomic mass is 10.1. The third-order valence-electron chi connectivity index (χ3n) is 4.44. The van der Waals surface area contributed by atoms with Crippen molar-refractivity contribution in [2.24, 2.45) is 11.8 Å². The predicted octanol–water partition coefficient (Wildman–Crippen LogP) is 0.978. The Labute approximate surface area is 119 Å². The van der Waals surface area contributed by atoms with Gasteiger partial charge in [0, 0.05) is 6.54 Å². The molecule has 20 heavy (non-hydrogen) atoms. The van der Waals surface area contributed by atoms with Gasteiger partial charge in [-0.1, -0.05) is 12.1 Å². The van der Waals surface area contributed by atoms with Crippen LogP contribution >= 0.6 is 0 Å². The molecule has 1 saturated heterocycles. The third-order valence-corrected chi connectivity index (χ3v) is 4.44. The van der Waals surface area contributed by atoms with Gasteiger partial charge in [0.15, 0.2) is 5.69 Å². The van der Waals surface area contributed by atoms with Gasteiger partial charge >= 0.3 is 0 Å². The van der Waals surface area contributed by atoms with E-state index in [1.165, 1.54) is 12.8 Å². The minimum atomic E-state index is -0.0994. The number of carbonyl (C=O) groups is 1. The van der Waals surface area contributed by atoms with Crippen molar-refractivity contribution in [2.45, 2.75) is 38.6 Å². The maximum absolute atomic E-state index is 12.0. The van der Waals surface area contributed by atoms with Crippen molar-refractivity contribution >= 4 is 5.91 Å². The molecule has 0 radical (unpaired) electrons. The molecule has 0 spiro atoms. The van der Waals surface area contributed by atoms with Crippen molar-refractivity contribution in [1.29, 1.82) is 0 Å². The Kier molecular flexibility index (Phi) is 4.00. The van der Waals surface area contributed by atoms with Crippen molar-refractivity contribution in [3.05, 3.63) is 11.9 Å². The molecule has 2 N–H and O–H groups in total. The second kappa shape index (κ2) is 5.91. The van der Waals surface area contributed by atoms with Crippen molar-refractivity contribution in [3.8, 4) is 0 Å². The van der Waals surface area contributed by atoms with Crippen molar-refractivity contribution in [2.75, 3.05) is 19.6 Å². The predicted molar refractivity (Wildman–Crippen MR) is 75.4 cm³/mol. The number of hydrogen-bond acceptors (Lipinski definition) is 4. The molecule has 1 aliphatic heterocycles. The summed E-state index contributed by atoms with van der Waals surface area (Å²) in [7, 11) is 0. The summed E-state index contributed by atoms with van der Waals surface area (Å²) < 4.78 is 1.85. The van der Waals surface area contributed by atoms with E-state index in [1.807, 2.05) is 4.68 Å². The summed E-state index contributed by atoms with van der Waals surface area (Å²) in [6.45, 7) is 4.95. The Balaban J connectivity index is 1.53. The highest BCUT2D eigenvalue weighted by Gasteiger charge is 2.28. The van der Waals surface area contributed by atoms with Crippen molar-refractivity contribution in [1.82, 2.24) is 25.6 Å². The maximum Gasteiger partial charge on any atom is 0.273 e. The van der Waals surface area contributed by atoms with Gasteiger partial charge in [-0.25, -0.2) is 4.68 Å². The normalized spacial score (nSPS) is 21.6. The Bertz CT molecular complexity index is 462. The molecule has 110 valence electrons. The van der Waals surface area contributed by atoms with Crippen LogP contribution in [0.4, 0.5) is 0 Å². The van der Waals surface area contributed by atoms with Gasteiger partial charge in [-0.05, 0) is 50.6 Å². The number of carbonyl (C=O) groups excluding carboxylic acids is 1. The van der Waals surface area contributed by atoms with Crippen LogP contribution in [0.25, 0.3) is 0 Å². The molecule has 6 nitrogen and oxygen atoms in total. The monoisotopic (exact) mass is 277 g/mol. The third kappa shape index (κ3) is 3.17. The fourth-order valence-electron chi connectivity index (χ4n) is 2.81.